The fourth-order valence-corrected chi connectivity index (χ4v) is 4.23. The number of rotatable bonds is 5. The summed E-state index contributed by atoms with van der Waals surface area (Å²) in [4.78, 5) is 18.0. The normalized spacial score (nSPS) is 18.9. The van der Waals surface area contributed by atoms with Gasteiger partial charge in [0.2, 0.25) is 5.90 Å². The van der Waals surface area contributed by atoms with Gasteiger partial charge in [0.05, 0.1) is 6.10 Å². The van der Waals surface area contributed by atoms with E-state index < -0.39 is 12.1 Å². The van der Waals surface area contributed by atoms with Crippen LogP contribution in [0, 0.1) is 0 Å². The fourth-order valence-electron chi connectivity index (χ4n) is 4.23. The van der Waals surface area contributed by atoms with Gasteiger partial charge in [-0.1, -0.05) is 73.7 Å². The van der Waals surface area contributed by atoms with Crippen LogP contribution in [0.3, 0.4) is 0 Å². The standard InChI is InChI=1S/C28H25NO3/c1-3-18(2)31-28(30)25-26(32-27(29-25)19-11-5-4-6-12-19)24-22-15-9-7-13-20(22)17-21-14-8-10-16-23(21)24/h4-18,25-26H,3H2,1-2H3/t18-,25+,26-/m0/s1. The first kappa shape index (κ1) is 20.3. The number of hydrogen-bond acceptors (Lipinski definition) is 4. The molecule has 3 atom stereocenters. The lowest BCUT2D eigenvalue weighted by Gasteiger charge is -2.22. The molecule has 4 nitrogen and oxygen atoms in total. The molecule has 1 aliphatic rings. The first-order valence-corrected chi connectivity index (χ1v) is 11.1. The molecule has 0 saturated heterocycles. The predicted molar refractivity (Wildman–Crippen MR) is 128 cm³/mol. The maximum absolute atomic E-state index is 13.2. The molecule has 160 valence electrons. The van der Waals surface area contributed by atoms with E-state index >= 15 is 0 Å². The molecule has 4 aromatic carbocycles. The molecule has 0 aromatic heterocycles. The third kappa shape index (κ3) is 3.62. The monoisotopic (exact) mass is 423 g/mol. The fraction of sp³-hybridized carbons (Fsp3) is 0.214. The Hall–Kier alpha value is -3.66. The second kappa shape index (κ2) is 8.46. The van der Waals surface area contributed by atoms with Gasteiger partial charge >= 0.3 is 5.97 Å². The highest BCUT2D eigenvalue weighted by atomic mass is 16.6. The van der Waals surface area contributed by atoms with Crippen LogP contribution < -0.4 is 0 Å². The number of nitrogens with zero attached hydrogens (tertiary/aromatic N) is 1. The van der Waals surface area contributed by atoms with Crippen LogP contribution in [-0.4, -0.2) is 24.0 Å². The van der Waals surface area contributed by atoms with Crippen molar-refractivity contribution < 1.29 is 14.3 Å². The SMILES string of the molecule is CC[C@H](C)OC(=O)[C@@H]1N=C(c2ccccc2)O[C@H]1c1c2ccccc2cc2ccccc12. The highest BCUT2D eigenvalue weighted by Crippen LogP contribution is 2.40. The number of hydrogen-bond donors (Lipinski definition) is 0. The average Bonchev–Trinajstić information content (AvgIpc) is 3.28. The second-order valence-electron chi connectivity index (χ2n) is 8.17. The Morgan fingerprint density at radius 1 is 0.938 bits per heavy atom. The number of aliphatic imine (C=N–C) groups is 1. The zero-order valence-electron chi connectivity index (χ0n) is 18.2. The van der Waals surface area contributed by atoms with E-state index in [4.69, 9.17) is 14.5 Å². The number of carbonyl (C=O) groups excluding carboxylic acids is 1. The molecule has 0 radical (unpaired) electrons. The van der Waals surface area contributed by atoms with Crippen LogP contribution in [0.25, 0.3) is 21.5 Å². The Labute approximate surface area is 187 Å². The van der Waals surface area contributed by atoms with Crippen molar-refractivity contribution in [3.8, 4) is 0 Å². The molecule has 4 heteroatoms. The molecule has 5 rings (SSSR count). The predicted octanol–water partition coefficient (Wildman–Crippen LogP) is 6.22. The van der Waals surface area contributed by atoms with Crippen molar-refractivity contribution in [2.45, 2.75) is 38.5 Å². The summed E-state index contributed by atoms with van der Waals surface area (Å²) >= 11 is 0. The molecule has 0 fully saturated rings. The van der Waals surface area contributed by atoms with E-state index in [1.54, 1.807) is 0 Å². The van der Waals surface area contributed by atoms with Crippen molar-refractivity contribution in [1.29, 1.82) is 0 Å². The first-order valence-electron chi connectivity index (χ1n) is 11.1. The minimum atomic E-state index is -0.770. The van der Waals surface area contributed by atoms with Gasteiger partial charge in [-0.25, -0.2) is 9.79 Å². The van der Waals surface area contributed by atoms with Crippen molar-refractivity contribution in [1.82, 2.24) is 0 Å². The lowest BCUT2D eigenvalue weighted by Crippen LogP contribution is -2.29. The average molecular weight is 424 g/mol. The van der Waals surface area contributed by atoms with Crippen LogP contribution in [0.1, 0.15) is 37.5 Å². The third-order valence-corrected chi connectivity index (χ3v) is 6.03. The van der Waals surface area contributed by atoms with E-state index in [9.17, 15) is 4.79 Å². The molecule has 0 amide bonds. The quantitative estimate of drug-likeness (QED) is 0.283. The summed E-state index contributed by atoms with van der Waals surface area (Å²) < 4.78 is 12.2. The summed E-state index contributed by atoms with van der Waals surface area (Å²) in [6, 6.07) is 27.5. The van der Waals surface area contributed by atoms with Crippen LogP contribution in [0.4, 0.5) is 0 Å². The Bertz CT molecular complexity index is 1260. The van der Waals surface area contributed by atoms with Crippen LogP contribution in [-0.2, 0) is 14.3 Å². The van der Waals surface area contributed by atoms with Gasteiger partial charge in [-0.2, -0.15) is 0 Å². The summed E-state index contributed by atoms with van der Waals surface area (Å²) in [5.41, 5.74) is 1.82. The number of fused-ring (bicyclic) bond motifs is 2. The minimum absolute atomic E-state index is 0.177. The van der Waals surface area contributed by atoms with Crippen LogP contribution in [0.5, 0.6) is 0 Å². The van der Waals surface area contributed by atoms with Gasteiger partial charge in [0.25, 0.3) is 0 Å². The maximum Gasteiger partial charge on any atom is 0.335 e. The molecule has 0 saturated carbocycles. The molecular formula is C28H25NO3. The smallest absolute Gasteiger partial charge is 0.335 e. The molecule has 0 N–H and O–H groups in total. The van der Waals surface area contributed by atoms with Crippen molar-refractivity contribution in [3.63, 3.8) is 0 Å². The summed E-state index contributed by atoms with van der Waals surface area (Å²) in [5.74, 6) is 0.117. The van der Waals surface area contributed by atoms with Gasteiger partial charge in [-0.05, 0) is 53.1 Å². The van der Waals surface area contributed by atoms with E-state index in [1.165, 1.54) is 0 Å². The molecule has 0 bridgehead atoms. The van der Waals surface area contributed by atoms with E-state index in [1.807, 2.05) is 68.4 Å². The summed E-state index contributed by atoms with van der Waals surface area (Å²) in [6.07, 6.45) is -0.00247. The number of ether oxygens (including phenoxy) is 2. The van der Waals surface area contributed by atoms with Crippen molar-refractivity contribution in [2.75, 3.05) is 0 Å². The Balaban J connectivity index is 1.68. The maximum atomic E-state index is 13.2. The minimum Gasteiger partial charge on any atom is -0.466 e. The Kier molecular flexibility index (Phi) is 5.36. The number of benzene rings is 4. The number of carbonyl (C=O) groups is 1. The molecule has 32 heavy (non-hydrogen) atoms. The number of esters is 1. The Morgan fingerprint density at radius 2 is 1.53 bits per heavy atom. The van der Waals surface area contributed by atoms with Crippen molar-refractivity contribution >= 4 is 33.4 Å². The topological polar surface area (TPSA) is 47.9 Å². The molecule has 0 unspecified atom stereocenters. The van der Waals surface area contributed by atoms with E-state index in [0.29, 0.717) is 5.90 Å². The molecular weight excluding hydrogens is 398 g/mol. The molecule has 1 aliphatic heterocycles. The van der Waals surface area contributed by atoms with E-state index in [0.717, 1.165) is 39.1 Å². The summed E-state index contributed by atoms with van der Waals surface area (Å²) in [5, 5.41) is 4.32. The summed E-state index contributed by atoms with van der Waals surface area (Å²) in [7, 11) is 0. The van der Waals surface area contributed by atoms with Crippen LogP contribution in [0.15, 0.2) is 89.9 Å². The second-order valence-corrected chi connectivity index (χ2v) is 8.17. The highest BCUT2D eigenvalue weighted by Gasteiger charge is 2.41. The molecule has 0 spiro atoms. The van der Waals surface area contributed by atoms with Crippen molar-refractivity contribution in [2.24, 2.45) is 4.99 Å². The molecule has 1 heterocycles. The third-order valence-electron chi connectivity index (χ3n) is 6.03. The zero-order chi connectivity index (χ0) is 22.1. The van der Waals surface area contributed by atoms with Gasteiger partial charge in [-0.15, -0.1) is 0 Å². The lowest BCUT2D eigenvalue weighted by atomic mass is 9.91. The van der Waals surface area contributed by atoms with Crippen LogP contribution in [0.2, 0.25) is 0 Å². The zero-order valence-corrected chi connectivity index (χ0v) is 18.2. The van der Waals surface area contributed by atoms with Gasteiger partial charge in [0.15, 0.2) is 12.1 Å². The van der Waals surface area contributed by atoms with Gasteiger partial charge in [-0.3, -0.25) is 0 Å². The van der Waals surface area contributed by atoms with Gasteiger partial charge < -0.3 is 9.47 Å². The van der Waals surface area contributed by atoms with Crippen molar-refractivity contribution in [3.05, 3.63) is 96.1 Å². The molecule has 0 aliphatic carbocycles. The first-order chi connectivity index (χ1) is 15.7. The largest absolute Gasteiger partial charge is 0.466 e. The molecule has 4 aromatic rings. The van der Waals surface area contributed by atoms with Gasteiger partial charge in [0.1, 0.15) is 0 Å². The van der Waals surface area contributed by atoms with E-state index in [-0.39, 0.29) is 12.1 Å². The van der Waals surface area contributed by atoms with Crippen LogP contribution >= 0.6 is 0 Å². The highest BCUT2D eigenvalue weighted by molar-refractivity contribution is 6.05. The lowest BCUT2D eigenvalue weighted by molar-refractivity contribution is -0.151. The van der Waals surface area contributed by atoms with E-state index in [2.05, 4.69) is 30.3 Å². The van der Waals surface area contributed by atoms with Gasteiger partial charge in [0, 0.05) is 11.1 Å². The Morgan fingerprint density at radius 3 is 2.16 bits per heavy atom. The summed E-state index contributed by atoms with van der Waals surface area (Å²) in [6.45, 7) is 3.90.